The maximum absolute atomic E-state index is 15.1. The van der Waals surface area contributed by atoms with E-state index in [1.807, 2.05) is 0 Å². The van der Waals surface area contributed by atoms with E-state index in [4.69, 9.17) is 0 Å². The zero-order valence-corrected chi connectivity index (χ0v) is 21.4. The molecule has 2 N–H and O–H groups in total. The number of rotatable bonds is 4. The molecule has 10 heteroatoms. The lowest BCUT2D eigenvalue weighted by atomic mass is 9.53. The van der Waals surface area contributed by atoms with Crippen LogP contribution in [0.4, 0.5) is 14.6 Å². The maximum Gasteiger partial charge on any atom is 0.257 e. The Morgan fingerprint density at radius 2 is 1.74 bits per heavy atom. The number of fused-ring (bicyclic) bond motifs is 1. The molecule has 4 bridgehead atoms. The van der Waals surface area contributed by atoms with E-state index in [1.54, 1.807) is 17.0 Å². The van der Waals surface area contributed by atoms with Crippen LogP contribution >= 0.6 is 0 Å². The average Bonchev–Trinajstić information content (AvgIpc) is 2.88. The summed E-state index contributed by atoms with van der Waals surface area (Å²) < 4.78 is 30.2. The first-order chi connectivity index (χ1) is 18.8. The molecule has 39 heavy (non-hydrogen) atoms. The summed E-state index contributed by atoms with van der Waals surface area (Å²) in [4.78, 5) is 45.7. The van der Waals surface area contributed by atoms with Gasteiger partial charge in [0, 0.05) is 30.9 Å². The molecule has 3 heterocycles. The van der Waals surface area contributed by atoms with Gasteiger partial charge in [0.05, 0.1) is 17.6 Å². The minimum absolute atomic E-state index is 0.0358. The summed E-state index contributed by atoms with van der Waals surface area (Å²) >= 11 is 0. The molecule has 1 saturated heterocycles. The van der Waals surface area contributed by atoms with Gasteiger partial charge in [0.15, 0.2) is 5.65 Å². The molecule has 1 aliphatic heterocycles. The molecule has 0 unspecified atom stereocenters. The van der Waals surface area contributed by atoms with Crippen LogP contribution in [0.2, 0.25) is 0 Å². The number of piperazine rings is 1. The molecule has 202 valence electrons. The number of carbonyl (C=O) groups excluding carboxylic acids is 2. The zero-order valence-electron chi connectivity index (χ0n) is 21.4. The fraction of sp³-hybridized carbons (Fsp3) is 0.448. The van der Waals surface area contributed by atoms with Gasteiger partial charge in [-0.15, -0.1) is 0 Å². The van der Waals surface area contributed by atoms with Gasteiger partial charge in [-0.3, -0.25) is 19.0 Å². The van der Waals surface area contributed by atoms with E-state index in [9.17, 15) is 18.8 Å². The number of pyridine rings is 2. The van der Waals surface area contributed by atoms with E-state index in [2.05, 4.69) is 15.6 Å². The summed E-state index contributed by atoms with van der Waals surface area (Å²) in [6.45, 7) is 1.06. The molecule has 1 aromatic carbocycles. The highest BCUT2D eigenvalue weighted by Gasteiger charge is 2.51. The van der Waals surface area contributed by atoms with Gasteiger partial charge in [-0.1, -0.05) is 0 Å². The molecule has 8 nitrogen and oxygen atoms in total. The molecule has 5 fully saturated rings. The van der Waals surface area contributed by atoms with Crippen LogP contribution < -0.4 is 21.0 Å². The monoisotopic (exact) mass is 533 g/mol. The number of carbonyl (C=O) groups is 2. The number of nitrogens with zero attached hydrogens (tertiary/aromatic N) is 3. The molecule has 3 aromatic rings. The van der Waals surface area contributed by atoms with Crippen LogP contribution in [0.5, 0.6) is 0 Å². The van der Waals surface area contributed by atoms with Crippen LogP contribution in [0.15, 0.2) is 41.3 Å². The van der Waals surface area contributed by atoms with Crippen molar-refractivity contribution in [1.82, 2.24) is 20.2 Å². The highest BCUT2D eigenvalue weighted by molar-refractivity contribution is 5.98. The Labute approximate surface area is 223 Å². The van der Waals surface area contributed by atoms with E-state index in [1.165, 1.54) is 36.1 Å². The van der Waals surface area contributed by atoms with Gasteiger partial charge >= 0.3 is 0 Å². The first-order valence-corrected chi connectivity index (χ1v) is 13.6. The normalized spacial score (nSPS) is 27.6. The second kappa shape index (κ2) is 8.86. The van der Waals surface area contributed by atoms with E-state index in [0.717, 1.165) is 31.4 Å². The highest BCUT2D eigenvalue weighted by Crippen LogP contribution is 2.55. The Balaban J connectivity index is 1.33. The van der Waals surface area contributed by atoms with Gasteiger partial charge < -0.3 is 15.5 Å². The number of anilines is 1. The van der Waals surface area contributed by atoms with E-state index in [0.29, 0.717) is 36.7 Å². The molecule has 0 atom stereocenters. The molecule has 4 aliphatic carbocycles. The number of nitrogens with one attached hydrogen (secondary N) is 2. The number of aromatic nitrogens is 2. The third-order valence-corrected chi connectivity index (χ3v) is 9.03. The number of halogens is 2. The Morgan fingerprint density at radius 3 is 2.41 bits per heavy atom. The van der Waals surface area contributed by atoms with Gasteiger partial charge in [0.2, 0.25) is 11.3 Å². The zero-order chi connectivity index (χ0) is 26.9. The van der Waals surface area contributed by atoms with Crippen LogP contribution in [0.3, 0.4) is 0 Å². The second-order valence-electron chi connectivity index (χ2n) is 11.8. The van der Waals surface area contributed by atoms with Gasteiger partial charge in [-0.2, -0.15) is 0 Å². The predicted molar refractivity (Wildman–Crippen MR) is 141 cm³/mol. The van der Waals surface area contributed by atoms with E-state index in [-0.39, 0.29) is 40.3 Å². The first kappa shape index (κ1) is 24.2. The molecule has 0 spiro atoms. The molecule has 4 saturated carbocycles. The number of hydrogen-bond acceptors (Lipinski definition) is 5. The van der Waals surface area contributed by atoms with Crippen LogP contribution in [-0.4, -0.2) is 46.5 Å². The summed E-state index contributed by atoms with van der Waals surface area (Å²) in [5.74, 6) is 0.0524. The lowest BCUT2D eigenvalue weighted by Crippen LogP contribution is -2.60. The standard InChI is InChI=1S/C29H29F2N5O3/c30-19-1-3-23(22(31)10-19)36-14-21(28(39)34-29-11-16-7-17(12-29)9-18(8-16)13-29)26(38)20-2-4-24(33-27(20)36)35-6-5-32-25(37)15-35/h1-4,10,14,16-18H,5-9,11-13,15H2,(H,32,37)(H,34,39). The van der Waals surface area contributed by atoms with Crippen molar-refractivity contribution in [3.63, 3.8) is 0 Å². The Morgan fingerprint density at radius 1 is 1.03 bits per heavy atom. The summed E-state index contributed by atoms with van der Waals surface area (Å²) in [5, 5.41) is 6.14. The van der Waals surface area contributed by atoms with Crippen LogP contribution in [0.1, 0.15) is 48.9 Å². The van der Waals surface area contributed by atoms with Crippen LogP contribution in [-0.2, 0) is 4.79 Å². The minimum Gasteiger partial charge on any atom is -0.353 e. The van der Waals surface area contributed by atoms with Crippen molar-refractivity contribution in [2.24, 2.45) is 17.8 Å². The van der Waals surface area contributed by atoms with Crippen LogP contribution in [0.25, 0.3) is 16.7 Å². The largest absolute Gasteiger partial charge is 0.353 e. The third-order valence-electron chi connectivity index (χ3n) is 9.03. The first-order valence-electron chi connectivity index (χ1n) is 13.6. The van der Waals surface area contributed by atoms with Crippen LogP contribution in [0, 0.1) is 29.4 Å². The third kappa shape index (κ3) is 4.17. The van der Waals surface area contributed by atoms with Gasteiger partial charge in [-0.25, -0.2) is 13.8 Å². The van der Waals surface area contributed by atoms with Crippen molar-refractivity contribution >= 4 is 28.7 Å². The molecule has 8 rings (SSSR count). The molecular formula is C29H29F2N5O3. The lowest BCUT2D eigenvalue weighted by molar-refractivity contribution is -0.120. The van der Waals surface area contributed by atoms with Crippen molar-refractivity contribution in [2.45, 2.75) is 44.1 Å². The van der Waals surface area contributed by atoms with Crippen molar-refractivity contribution in [1.29, 1.82) is 0 Å². The number of benzene rings is 1. The lowest BCUT2D eigenvalue weighted by Gasteiger charge is -2.56. The summed E-state index contributed by atoms with van der Waals surface area (Å²) in [6, 6.07) is 6.34. The highest BCUT2D eigenvalue weighted by atomic mass is 19.1. The van der Waals surface area contributed by atoms with Gasteiger partial charge in [-0.05, 0) is 80.5 Å². The summed E-state index contributed by atoms with van der Waals surface area (Å²) in [7, 11) is 0. The number of hydrogen-bond donors (Lipinski definition) is 2. The quantitative estimate of drug-likeness (QED) is 0.537. The van der Waals surface area contributed by atoms with E-state index >= 15 is 4.39 Å². The molecule has 2 aromatic heterocycles. The second-order valence-corrected chi connectivity index (χ2v) is 11.8. The van der Waals surface area contributed by atoms with Crippen molar-refractivity contribution < 1.29 is 18.4 Å². The summed E-state index contributed by atoms with van der Waals surface area (Å²) in [6.07, 6.45) is 7.74. The van der Waals surface area contributed by atoms with Gasteiger partial charge in [0.1, 0.15) is 23.0 Å². The Bertz CT molecular complexity index is 1550. The van der Waals surface area contributed by atoms with Crippen molar-refractivity contribution in [2.75, 3.05) is 24.5 Å². The average molecular weight is 534 g/mol. The fourth-order valence-corrected chi connectivity index (χ4v) is 7.80. The molecule has 0 radical (unpaired) electrons. The summed E-state index contributed by atoms with van der Waals surface area (Å²) in [5.41, 5.74) is -0.821. The topological polar surface area (TPSA) is 96.3 Å². The molecular weight excluding hydrogens is 504 g/mol. The minimum atomic E-state index is -0.850. The Hall–Kier alpha value is -3.82. The number of amides is 2. The maximum atomic E-state index is 15.1. The van der Waals surface area contributed by atoms with Crippen molar-refractivity contribution in [3.05, 3.63) is 63.9 Å². The predicted octanol–water partition coefficient (Wildman–Crippen LogP) is 3.30. The van der Waals surface area contributed by atoms with Gasteiger partial charge in [0.25, 0.3) is 5.91 Å². The van der Waals surface area contributed by atoms with E-state index < -0.39 is 23.0 Å². The fourth-order valence-electron chi connectivity index (χ4n) is 7.80. The molecule has 2 amide bonds. The molecule has 5 aliphatic rings. The van der Waals surface area contributed by atoms with Crippen molar-refractivity contribution in [3.8, 4) is 5.69 Å². The SMILES string of the molecule is O=C1CN(c2ccc3c(=O)c(C(=O)NC45CC6CC(CC(C6)C4)C5)cn(-c4ccc(F)cc4F)c3n2)CCN1. The smallest absolute Gasteiger partial charge is 0.257 e. The Kier molecular flexibility index (Phi) is 5.50.